The van der Waals surface area contributed by atoms with Crippen molar-refractivity contribution in [1.29, 1.82) is 0 Å². The molecule has 84 valence electrons. The third-order valence-corrected chi connectivity index (χ3v) is 4.26. The SMILES string of the molecule is Cc1ccccc1SCc1nnc(NN)s1. The molecule has 0 bridgehead atoms. The van der Waals surface area contributed by atoms with Crippen LogP contribution in [0.2, 0.25) is 0 Å². The molecule has 0 radical (unpaired) electrons. The molecule has 0 aliphatic rings. The standard InChI is InChI=1S/C10H12N4S2/c1-7-4-2-3-5-8(7)15-6-9-13-14-10(12-11)16-9/h2-5H,6,11H2,1H3,(H,12,14). The van der Waals surface area contributed by atoms with Gasteiger partial charge < -0.3 is 0 Å². The lowest BCUT2D eigenvalue weighted by molar-refractivity contribution is 1.03. The fourth-order valence-electron chi connectivity index (χ4n) is 1.23. The Balaban J connectivity index is 1.99. The number of anilines is 1. The molecule has 4 nitrogen and oxygen atoms in total. The lowest BCUT2D eigenvalue weighted by Crippen LogP contribution is -2.05. The van der Waals surface area contributed by atoms with E-state index in [1.807, 2.05) is 12.1 Å². The minimum absolute atomic E-state index is 0.653. The van der Waals surface area contributed by atoms with E-state index in [2.05, 4.69) is 34.7 Å². The van der Waals surface area contributed by atoms with Crippen LogP contribution in [-0.4, -0.2) is 10.2 Å². The number of nitrogens with one attached hydrogen (secondary N) is 1. The maximum Gasteiger partial charge on any atom is 0.219 e. The van der Waals surface area contributed by atoms with Crippen LogP contribution in [0.3, 0.4) is 0 Å². The molecule has 0 saturated carbocycles. The third kappa shape index (κ3) is 2.72. The summed E-state index contributed by atoms with van der Waals surface area (Å²) in [5.74, 6) is 6.07. The van der Waals surface area contributed by atoms with E-state index < -0.39 is 0 Å². The van der Waals surface area contributed by atoms with Gasteiger partial charge in [-0.25, -0.2) is 5.84 Å². The molecule has 2 rings (SSSR count). The van der Waals surface area contributed by atoms with Crippen molar-refractivity contribution in [2.75, 3.05) is 5.43 Å². The Morgan fingerprint density at radius 2 is 2.19 bits per heavy atom. The molecule has 0 unspecified atom stereocenters. The van der Waals surface area contributed by atoms with E-state index in [0.717, 1.165) is 10.8 Å². The fraction of sp³-hybridized carbons (Fsp3) is 0.200. The lowest BCUT2D eigenvalue weighted by Gasteiger charge is -2.02. The Bertz CT molecular complexity index is 469. The average Bonchev–Trinajstić information content (AvgIpc) is 2.76. The minimum atomic E-state index is 0.653. The van der Waals surface area contributed by atoms with Crippen molar-refractivity contribution < 1.29 is 0 Å². The van der Waals surface area contributed by atoms with Crippen LogP contribution >= 0.6 is 23.1 Å². The highest BCUT2D eigenvalue weighted by Gasteiger charge is 2.04. The van der Waals surface area contributed by atoms with Crippen molar-refractivity contribution in [1.82, 2.24) is 10.2 Å². The van der Waals surface area contributed by atoms with Gasteiger partial charge in [0, 0.05) is 4.90 Å². The number of rotatable bonds is 4. The Morgan fingerprint density at radius 1 is 1.38 bits per heavy atom. The molecule has 0 aliphatic carbocycles. The first-order valence-electron chi connectivity index (χ1n) is 4.77. The van der Waals surface area contributed by atoms with Crippen molar-refractivity contribution in [3.05, 3.63) is 34.8 Å². The summed E-state index contributed by atoms with van der Waals surface area (Å²) < 4.78 is 0. The topological polar surface area (TPSA) is 63.8 Å². The van der Waals surface area contributed by atoms with Crippen LogP contribution in [0.1, 0.15) is 10.6 Å². The van der Waals surface area contributed by atoms with Crippen LogP contribution in [0, 0.1) is 6.92 Å². The zero-order valence-corrected chi connectivity index (χ0v) is 10.4. The van der Waals surface area contributed by atoms with Crippen LogP contribution < -0.4 is 11.3 Å². The van der Waals surface area contributed by atoms with Gasteiger partial charge in [-0.3, -0.25) is 5.43 Å². The summed E-state index contributed by atoms with van der Waals surface area (Å²) in [4.78, 5) is 1.28. The highest BCUT2D eigenvalue weighted by atomic mass is 32.2. The van der Waals surface area contributed by atoms with Crippen LogP contribution in [0.15, 0.2) is 29.2 Å². The van der Waals surface area contributed by atoms with Crippen LogP contribution in [0.4, 0.5) is 5.13 Å². The molecule has 0 amide bonds. The number of benzene rings is 1. The first-order valence-corrected chi connectivity index (χ1v) is 6.57. The number of aromatic nitrogens is 2. The zero-order valence-electron chi connectivity index (χ0n) is 8.80. The Morgan fingerprint density at radius 3 is 2.88 bits per heavy atom. The summed E-state index contributed by atoms with van der Waals surface area (Å²) in [5.41, 5.74) is 3.78. The smallest absolute Gasteiger partial charge is 0.219 e. The average molecular weight is 252 g/mol. The number of nitrogen functional groups attached to an aromatic ring is 1. The van der Waals surface area contributed by atoms with Crippen LogP contribution in [0.5, 0.6) is 0 Å². The van der Waals surface area contributed by atoms with E-state index in [4.69, 9.17) is 5.84 Å². The monoisotopic (exact) mass is 252 g/mol. The number of hydrogen-bond acceptors (Lipinski definition) is 6. The highest BCUT2D eigenvalue weighted by molar-refractivity contribution is 7.98. The second-order valence-corrected chi connectivity index (χ2v) is 5.28. The van der Waals surface area contributed by atoms with Gasteiger partial charge in [0.25, 0.3) is 0 Å². The van der Waals surface area contributed by atoms with Crippen LogP contribution in [0.25, 0.3) is 0 Å². The van der Waals surface area contributed by atoms with E-state index >= 15 is 0 Å². The van der Waals surface area contributed by atoms with Crippen molar-refractivity contribution >= 4 is 28.2 Å². The van der Waals surface area contributed by atoms with Crippen molar-refractivity contribution in [3.8, 4) is 0 Å². The van der Waals surface area contributed by atoms with Gasteiger partial charge in [-0.1, -0.05) is 29.5 Å². The highest BCUT2D eigenvalue weighted by Crippen LogP contribution is 2.27. The Kier molecular flexibility index (Phi) is 3.76. The molecule has 1 aromatic heterocycles. The quantitative estimate of drug-likeness (QED) is 0.497. The maximum absolute atomic E-state index is 5.25. The summed E-state index contributed by atoms with van der Waals surface area (Å²) in [5, 5.41) is 9.55. The molecule has 0 aliphatic heterocycles. The Hall–Kier alpha value is -1.11. The van der Waals surface area contributed by atoms with E-state index in [1.54, 1.807) is 11.8 Å². The van der Waals surface area contributed by atoms with Gasteiger partial charge in [0.15, 0.2) is 0 Å². The number of hydrazine groups is 1. The van der Waals surface area contributed by atoms with Gasteiger partial charge in [-0.05, 0) is 18.6 Å². The molecule has 6 heteroatoms. The maximum atomic E-state index is 5.25. The molecular formula is C10H12N4S2. The molecule has 16 heavy (non-hydrogen) atoms. The van der Waals surface area contributed by atoms with E-state index in [0.29, 0.717) is 5.13 Å². The molecule has 0 atom stereocenters. The number of thioether (sulfide) groups is 1. The first kappa shape index (κ1) is 11.4. The Labute approximate surface area is 102 Å². The van der Waals surface area contributed by atoms with Gasteiger partial charge in [-0.2, -0.15) is 0 Å². The molecule has 0 fully saturated rings. The predicted octanol–water partition coefficient (Wildman–Crippen LogP) is 2.42. The summed E-state index contributed by atoms with van der Waals surface area (Å²) in [6.07, 6.45) is 0. The molecule has 1 heterocycles. The number of nitrogens with zero attached hydrogens (tertiary/aromatic N) is 2. The molecular weight excluding hydrogens is 240 g/mol. The molecule has 3 N–H and O–H groups in total. The van der Waals surface area contributed by atoms with Crippen molar-refractivity contribution in [3.63, 3.8) is 0 Å². The summed E-state index contributed by atoms with van der Waals surface area (Å²) in [6, 6.07) is 8.31. The van der Waals surface area contributed by atoms with Gasteiger partial charge in [-0.15, -0.1) is 22.0 Å². The molecule has 0 spiro atoms. The lowest BCUT2D eigenvalue weighted by atomic mass is 10.2. The second kappa shape index (κ2) is 5.29. The van der Waals surface area contributed by atoms with E-state index in [-0.39, 0.29) is 0 Å². The first-order chi connectivity index (χ1) is 7.79. The largest absolute Gasteiger partial charge is 0.298 e. The second-order valence-electron chi connectivity index (χ2n) is 3.20. The normalized spacial score (nSPS) is 10.4. The predicted molar refractivity (Wildman–Crippen MR) is 68.5 cm³/mol. The zero-order chi connectivity index (χ0) is 11.4. The molecule has 2 aromatic rings. The van der Waals surface area contributed by atoms with Crippen molar-refractivity contribution in [2.45, 2.75) is 17.6 Å². The van der Waals surface area contributed by atoms with E-state index in [1.165, 1.54) is 21.8 Å². The van der Waals surface area contributed by atoms with Gasteiger partial charge in [0.2, 0.25) is 5.13 Å². The van der Waals surface area contributed by atoms with Crippen molar-refractivity contribution in [2.24, 2.45) is 5.84 Å². The summed E-state index contributed by atoms with van der Waals surface area (Å²) >= 11 is 3.24. The van der Waals surface area contributed by atoms with Crippen LogP contribution in [-0.2, 0) is 5.75 Å². The summed E-state index contributed by atoms with van der Waals surface area (Å²) in [7, 11) is 0. The van der Waals surface area contributed by atoms with E-state index in [9.17, 15) is 0 Å². The van der Waals surface area contributed by atoms with Gasteiger partial charge >= 0.3 is 0 Å². The minimum Gasteiger partial charge on any atom is -0.298 e. The van der Waals surface area contributed by atoms with Gasteiger partial charge in [0.1, 0.15) is 5.01 Å². The number of nitrogens with two attached hydrogens (primary N) is 1. The molecule has 1 aromatic carbocycles. The van der Waals surface area contributed by atoms with Gasteiger partial charge in [0.05, 0.1) is 5.75 Å². The summed E-state index contributed by atoms with van der Waals surface area (Å²) in [6.45, 7) is 2.11. The molecule has 0 saturated heterocycles. The number of aryl methyl sites for hydroxylation is 1. The fourth-order valence-corrected chi connectivity index (χ4v) is 2.89. The third-order valence-electron chi connectivity index (χ3n) is 2.04. The number of hydrogen-bond donors (Lipinski definition) is 2.